The lowest BCUT2D eigenvalue weighted by molar-refractivity contribution is -0.112. The van der Waals surface area contributed by atoms with Gasteiger partial charge in [0.15, 0.2) is 11.5 Å². The Balaban J connectivity index is 2.29. The molecule has 0 heterocycles. The number of aromatic hydroxyl groups is 1. The number of benzene rings is 2. The Kier molecular flexibility index (Phi) is 6.67. The van der Waals surface area contributed by atoms with Crippen LogP contribution in [0.5, 0.6) is 23.0 Å². The molecule has 2 N–H and O–H groups in total. The molecule has 27 heavy (non-hydrogen) atoms. The molecule has 0 fully saturated rings. The van der Waals surface area contributed by atoms with E-state index in [9.17, 15) is 15.2 Å². The van der Waals surface area contributed by atoms with Crippen molar-refractivity contribution in [2.75, 3.05) is 26.1 Å². The SMILES string of the molecule is CCOc1cccc(NC(=O)/C(C#N)=C\c2cc(OC)c(O)c(OC)c2)c1. The third kappa shape index (κ3) is 4.92. The quantitative estimate of drug-likeness (QED) is 0.574. The molecule has 0 bridgehead atoms. The van der Waals surface area contributed by atoms with Crippen molar-refractivity contribution in [2.45, 2.75) is 6.92 Å². The van der Waals surface area contributed by atoms with Gasteiger partial charge in [-0.15, -0.1) is 0 Å². The summed E-state index contributed by atoms with van der Waals surface area (Å²) in [7, 11) is 2.79. The van der Waals surface area contributed by atoms with Gasteiger partial charge in [-0.2, -0.15) is 5.26 Å². The lowest BCUT2D eigenvalue weighted by atomic mass is 10.1. The van der Waals surface area contributed by atoms with Crippen LogP contribution in [-0.2, 0) is 4.79 Å². The number of nitrogens with one attached hydrogen (secondary N) is 1. The zero-order valence-corrected chi connectivity index (χ0v) is 15.3. The molecule has 0 saturated carbocycles. The molecule has 0 aliphatic rings. The molecule has 0 atom stereocenters. The number of phenols is 1. The minimum absolute atomic E-state index is 0.119. The van der Waals surface area contributed by atoms with Crippen LogP contribution >= 0.6 is 0 Å². The van der Waals surface area contributed by atoms with Gasteiger partial charge in [-0.25, -0.2) is 0 Å². The maximum atomic E-state index is 12.4. The standard InChI is InChI=1S/C20H20N2O5/c1-4-27-16-7-5-6-15(11-16)22-20(24)14(12-21)8-13-9-17(25-2)19(23)18(10-13)26-3/h5-11,23H,4H2,1-3H3,(H,22,24)/b14-8-. The molecule has 2 aromatic rings. The molecule has 0 aliphatic carbocycles. The van der Waals surface area contributed by atoms with E-state index in [0.717, 1.165) is 0 Å². The van der Waals surface area contributed by atoms with E-state index < -0.39 is 5.91 Å². The Morgan fingerprint density at radius 3 is 2.44 bits per heavy atom. The Morgan fingerprint density at radius 2 is 1.89 bits per heavy atom. The van der Waals surface area contributed by atoms with Crippen molar-refractivity contribution in [3.05, 3.63) is 47.5 Å². The van der Waals surface area contributed by atoms with E-state index in [1.54, 1.807) is 24.3 Å². The van der Waals surface area contributed by atoms with Crippen molar-refractivity contribution in [1.29, 1.82) is 5.26 Å². The molecular weight excluding hydrogens is 348 g/mol. The molecule has 7 nitrogen and oxygen atoms in total. The smallest absolute Gasteiger partial charge is 0.266 e. The van der Waals surface area contributed by atoms with Crippen LogP contribution in [-0.4, -0.2) is 31.8 Å². The molecule has 1 amide bonds. The lowest BCUT2D eigenvalue weighted by Gasteiger charge is -2.10. The molecular formula is C20H20N2O5. The first-order valence-electron chi connectivity index (χ1n) is 8.13. The van der Waals surface area contributed by atoms with Crippen LogP contribution in [0.15, 0.2) is 42.0 Å². The van der Waals surface area contributed by atoms with Gasteiger partial charge < -0.3 is 24.6 Å². The summed E-state index contributed by atoms with van der Waals surface area (Å²) in [6.07, 6.45) is 1.38. The second-order valence-electron chi connectivity index (χ2n) is 5.36. The maximum absolute atomic E-state index is 12.4. The average molecular weight is 368 g/mol. The minimum atomic E-state index is -0.572. The fourth-order valence-electron chi connectivity index (χ4n) is 2.34. The number of hydrogen-bond acceptors (Lipinski definition) is 6. The molecule has 2 aromatic carbocycles. The molecule has 7 heteroatoms. The Labute approximate surface area is 157 Å². The first-order valence-corrected chi connectivity index (χ1v) is 8.13. The van der Waals surface area contributed by atoms with E-state index in [2.05, 4.69) is 5.32 Å². The van der Waals surface area contributed by atoms with Gasteiger partial charge in [0.25, 0.3) is 5.91 Å². The predicted octanol–water partition coefficient (Wildman–Crippen LogP) is 3.35. The molecule has 0 saturated heterocycles. The Morgan fingerprint density at radius 1 is 1.22 bits per heavy atom. The minimum Gasteiger partial charge on any atom is -0.502 e. The van der Waals surface area contributed by atoms with E-state index in [1.807, 2.05) is 13.0 Å². The summed E-state index contributed by atoms with van der Waals surface area (Å²) < 4.78 is 15.5. The normalized spacial score (nSPS) is 10.7. The number of hydrogen-bond donors (Lipinski definition) is 2. The zero-order chi connectivity index (χ0) is 19.8. The Bertz CT molecular complexity index is 874. The molecule has 140 valence electrons. The molecule has 0 aromatic heterocycles. The fraction of sp³-hybridized carbons (Fsp3) is 0.200. The number of methoxy groups -OCH3 is 2. The fourth-order valence-corrected chi connectivity index (χ4v) is 2.34. The van der Waals surface area contributed by atoms with Gasteiger partial charge in [0, 0.05) is 11.8 Å². The summed E-state index contributed by atoms with van der Waals surface area (Å²) in [6.45, 7) is 2.37. The van der Waals surface area contributed by atoms with E-state index in [1.165, 1.54) is 32.4 Å². The van der Waals surface area contributed by atoms with Crippen LogP contribution in [0, 0.1) is 11.3 Å². The lowest BCUT2D eigenvalue weighted by Crippen LogP contribution is -2.13. The van der Waals surface area contributed by atoms with Crippen molar-refractivity contribution >= 4 is 17.7 Å². The zero-order valence-electron chi connectivity index (χ0n) is 15.3. The van der Waals surface area contributed by atoms with Gasteiger partial charge in [-0.3, -0.25) is 4.79 Å². The van der Waals surface area contributed by atoms with Crippen LogP contribution in [0.3, 0.4) is 0 Å². The highest BCUT2D eigenvalue weighted by Crippen LogP contribution is 2.37. The van der Waals surface area contributed by atoms with E-state index in [4.69, 9.17) is 14.2 Å². The summed E-state index contributed by atoms with van der Waals surface area (Å²) in [4.78, 5) is 12.4. The third-order valence-corrected chi connectivity index (χ3v) is 3.58. The van der Waals surface area contributed by atoms with Crippen molar-refractivity contribution in [3.8, 4) is 29.1 Å². The topological polar surface area (TPSA) is 101 Å². The summed E-state index contributed by atoms with van der Waals surface area (Å²) in [5.41, 5.74) is 0.857. The van der Waals surface area contributed by atoms with Crippen molar-refractivity contribution in [2.24, 2.45) is 0 Å². The number of nitriles is 1. The molecule has 0 spiro atoms. The highest BCUT2D eigenvalue weighted by Gasteiger charge is 2.14. The predicted molar refractivity (Wildman–Crippen MR) is 101 cm³/mol. The van der Waals surface area contributed by atoms with Crippen molar-refractivity contribution < 1.29 is 24.1 Å². The monoisotopic (exact) mass is 368 g/mol. The highest BCUT2D eigenvalue weighted by atomic mass is 16.5. The first-order chi connectivity index (χ1) is 13.0. The number of phenolic OH excluding ortho intramolecular Hbond substituents is 1. The second-order valence-corrected chi connectivity index (χ2v) is 5.36. The maximum Gasteiger partial charge on any atom is 0.266 e. The number of anilines is 1. The van der Waals surface area contributed by atoms with Gasteiger partial charge in [0.2, 0.25) is 5.75 Å². The van der Waals surface area contributed by atoms with E-state index in [-0.39, 0.29) is 22.8 Å². The number of ether oxygens (including phenoxy) is 3. The summed E-state index contributed by atoms with van der Waals surface area (Å²) in [5.74, 6) is 0.223. The molecule has 0 unspecified atom stereocenters. The third-order valence-electron chi connectivity index (χ3n) is 3.58. The summed E-state index contributed by atoms with van der Waals surface area (Å²) in [5, 5.41) is 22.0. The van der Waals surface area contributed by atoms with Crippen LogP contribution < -0.4 is 19.5 Å². The van der Waals surface area contributed by atoms with Crippen molar-refractivity contribution in [3.63, 3.8) is 0 Å². The average Bonchev–Trinajstić information content (AvgIpc) is 2.67. The highest BCUT2D eigenvalue weighted by molar-refractivity contribution is 6.09. The van der Waals surface area contributed by atoms with Crippen LogP contribution in [0.1, 0.15) is 12.5 Å². The van der Waals surface area contributed by atoms with Gasteiger partial charge in [-0.1, -0.05) is 6.07 Å². The molecule has 2 rings (SSSR count). The van der Waals surface area contributed by atoms with Gasteiger partial charge in [0.05, 0.1) is 20.8 Å². The van der Waals surface area contributed by atoms with Crippen LogP contribution in [0.2, 0.25) is 0 Å². The number of carbonyl (C=O) groups excluding carboxylic acids is 1. The summed E-state index contributed by atoms with van der Waals surface area (Å²) >= 11 is 0. The van der Waals surface area contributed by atoms with Gasteiger partial charge in [-0.05, 0) is 42.8 Å². The first kappa shape index (κ1) is 19.7. The van der Waals surface area contributed by atoms with Crippen LogP contribution in [0.4, 0.5) is 5.69 Å². The van der Waals surface area contributed by atoms with E-state index >= 15 is 0 Å². The molecule has 0 radical (unpaired) electrons. The van der Waals surface area contributed by atoms with Crippen LogP contribution in [0.25, 0.3) is 6.08 Å². The van der Waals surface area contributed by atoms with Crippen molar-refractivity contribution in [1.82, 2.24) is 0 Å². The van der Waals surface area contributed by atoms with Gasteiger partial charge in [0.1, 0.15) is 17.4 Å². The molecule has 0 aliphatic heterocycles. The summed E-state index contributed by atoms with van der Waals surface area (Å²) in [6, 6.07) is 11.8. The number of nitrogens with zero attached hydrogens (tertiary/aromatic N) is 1. The largest absolute Gasteiger partial charge is 0.502 e. The number of amides is 1. The Hall–Kier alpha value is -3.66. The number of rotatable bonds is 7. The number of carbonyl (C=O) groups is 1. The second kappa shape index (κ2) is 9.15. The van der Waals surface area contributed by atoms with E-state index in [0.29, 0.717) is 23.6 Å². The van der Waals surface area contributed by atoms with Gasteiger partial charge >= 0.3 is 0 Å².